The first kappa shape index (κ1) is 15.1. The molecular formula is C15H16N2OS. The lowest BCUT2D eigenvalue weighted by Gasteiger charge is -2.08. The molecule has 0 fully saturated rings. The summed E-state index contributed by atoms with van der Waals surface area (Å²) in [5.41, 5.74) is 0.778. The van der Waals surface area contributed by atoms with Crippen LogP contribution in [-0.2, 0) is 4.79 Å². The van der Waals surface area contributed by atoms with Crippen molar-refractivity contribution in [1.82, 2.24) is 0 Å². The van der Waals surface area contributed by atoms with Crippen molar-refractivity contribution in [2.45, 2.75) is 18.2 Å². The minimum atomic E-state index is -0.161. The quantitative estimate of drug-likeness (QED) is 0.371. The first-order chi connectivity index (χ1) is 9.27. The third kappa shape index (κ3) is 5.94. The van der Waals surface area contributed by atoms with Gasteiger partial charge in [0.1, 0.15) is 0 Å². The number of anilines is 1. The van der Waals surface area contributed by atoms with Crippen LogP contribution < -0.4 is 5.32 Å². The predicted molar refractivity (Wildman–Crippen MR) is 80.0 cm³/mol. The number of hydrogen-bond acceptors (Lipinski definition) is 3. The predicted octanol–water partition coefficient (Wildman–Crippen LogP) is 3.76. The lowest BCUT2D eigenvalue weighted by atomic mass is 10.3. The van der Waals surface area contributed by atoms with E-state index < -0.39 is 0 Å². The van der Waals surface area contributed by atoms with Gasteiger partial charge >= 0.3 is 0 Å². The van der Waals surface area contributed by atoms with Crippen molar-refractivity contribution in [3.63, 3.8) is 0 Å². The Morgan fingerprint density at radius 2 is 2.21 bits per heavy atom. The first-order valence-electron chi connectivity index (χ1n) is 5.97. The number of amides is 1. The maximum atomic E-state index is 11.7. The summed E-state index contributed by atoms with van der Waals surface area (Å²) in [6.07, 6.45) is 7.33. The molecule has 0 bridgehead atoms. The number of nitrogens with zero attached hydrogens (tertiary/aromatic N) is 1. The summed E-state index contributed by atoms with van der Waals surface area (Å²) in [5, 5.41) is 11.4. The number of rotatable bonds is 6. The van der Waals surface area contributed by atoms with Gasteiger partial charge in [-0.1, -0.05) is 30.4 Å². The second-order valence-electron chi connectivity index (χ2n) is 3.63. The molecule has 1 aromatic rings. The molecule has 1 amide bonds. The number of para-hydroxylation sites is 1. The van der Waals surface area contributed by atoms with Crippen molar-refractivity contribution in [3.05, 3.63) is 48.6 Å². The van der Waals surface area contributed by atoms with E-state index in [-0.39, 0.29) is 5.91 Å². The molecule has 98 valence electrons. The number of carbonyl (C=O) groups is 1. The Bertz CT molecular complexity index is 515. The second kappa shape index (κ2) is 9.01. The highest BCUT2D eigenvalue weighted by molar-refractivity contribution is 7.99. The van der Waals surface area contributed by atoms with Crippen LogP contribution in [0.3, 0.4) is 0 Å². The Labute approximate surface area is 118 Å². The summed E-state index contributed by atoms with van der Waals surface area (Å²) < 4.78 is 0. The van der Waals surface area contributed by atoms with Crippen molar-refractivity contribution in [3.8, 4) is 6.07 Å². The summed E-state index contributed by atoms with van der Waals surface area (Å²) in [6, 6.07) is 9.69. The van der Waals surface area contributed by atoms with E-state index >= 15 is 0 Å². The van der Waals surface area contributed by atoms with Crippen LogP contribution in [-0.4, -0.2) is 11.7 Å². The van der Waals surface area contributed by atoms with Crippen LogP contribution in [0.25, 0.3) is 0 Å². The van der Waals surface area contributed by atoms with Gasteiger partial charge in [0, 0.05) is 23.1 Å². The lowest BCUT2D eigenvalue weighted by Crippen LogP contribution is -2.08. The van der Waals surface area contributed by atoms with Gasteiger partial charge in [-0.3, -0.25) is 4.79 Å². The van der Waals surface area contributed by atoms with E-state index in [2.05, 4.69) is 11.4 Å². The average Bonchev–Trinajstić information content (AvgIpc) is 2.41. The highest BCUT2D eigenvalue weighted by Crippen LogP contribution is 2.27. The molecule has 0 atom stereocenters. The molecule has 4 heteroatoms. The van der Waals surface area contributed by atoms with Crippen molar-refractivity contribution in [2.24, 2.45) is 0 Å². The monoisotopic (exact) mass is 272 g/mol. The van der Waals surface area contributed by atoms with Gasteiger partial charge in [0.15, 0.2) is 0 Å². The number of carbonyl (C=O) groups excluding carboxylic acids is 1. The fourth-order valence-electron chi connectivity index (χ4n) is 1.33. The number of hydrogen-bond donors (Lipinski definition) is 1. The molecule has 0 unspecified atom stereocenters. The molecule has 1 N–H and O–H groups in total. The molecule has 0 aromatic heterocycles. The topological polar surface area (TPSA) is 52.9 Å². The number of benzene rings is 1. The molecule has 1 rings (SSSR count). The first-order valence-corrected chi connectivity index (χ1v) is 6.95. The van der Waals surface area contributed by atoms with Gasteiger partial charge in [-0.05, 0) is 19.1 Å². The average molecular weight is 272 g/mol. The third-order valence-corrected chi connectivity index (χ3v) is 3.24. The minimum Gasteiger partial charge on any atom is -0.321 e. The number of thioether (sulfide) groups is 1. The van der Waals surface area contributed by atoms with Crippen LogP contribution in [0.5, 0.6) is 0 Å². The zero-order valence-corrected chi connectivity index (χ0v) is 11.6. The second-order valence-corrected chi connectivity index (χ2v) is 4.76. The van der Waals surface area contributed by atoms with Gasteiger partial charge in [-0.15, -0.1) is 11.8 Å². The minimum absolute atomic E-state index is 0.161. The van der Waals surface area contributed by atoms with Gasteiger partial charge in [0.2, 0.25) is 5.91 Å². The molecule has 0 heterocycles. The fraction of sp³-hybridized carbons (Fsp3) is 0.200. The van der Waals surface area contributed by atoms with E-state index in [1.54, 1.807) is 23.9 Å². The maximum Gasteiger partial charge on any atom is 0.248 e. The van der Waals surface area contributed by atoms with Gasteiger partial charge in [-0.2, -0.15) is 5.26 Å². The highest BCUT2D eigenvalue weighted by Gasteiger charge is 2.04. The summed E-state index contributed by atoms with van der Waals surface area (Å²) in [6.45, 7) is 1.89. The molecular weight excluding hydrogens is 256 g/mol. The molecule has 3 nitrogen and oxygen atoms in total. The molecule has 0 aliphatic carbocycles. The van der Waals surface area contributed by atoms with Crippen LogP contribution in [0.15, 0.2) is 53.5 Å². The van der Waals surface area contributed by atoms with Crippen LogP contribution in [0.1, 0.15) is 13.3 Å². The fourth-order valence-corrected chi connectivity index (χ4v) is 2.19. The van der Waals surface area contributed by atoms with E-state index in [1.807, 2.05) is 37.3 Å². The molecule has 0 aliphatic heterocycles. The van der Waals surface area contributed by atoms with Gasteiger partial charge in [0.25, 0.3) is 0 Å². The molecule has 0 spiro atoms. The van der Waals surface area contributed by atoms with E-state index in [1.165, 1.54) is 6.08 Å². The number of nitrogens with one attached hydrogen (secondary N) is 1. The zero-order valence-electron chi connectivity index (χ0n) is 10.8. The summed E-state index contributed by atoms with van der Waals surface area (Å²) >= 11 is 1.57. The Balaban J connectivity index is 2.67. The SMILES string of the molecule is C/C=C/C=C/C(=O)Nc1ccccc1SCCC#N. The molecule has 0 radical (unpaired) electrons. The van der Waals surface area contributed by atoms with Crippen LogP contribution in [0.4, 0.5) is 5.69 Å². The van der Waals surface area contributed by atoms with Crippen molar-refractivity contribution < 1.29 is 4.79 Å². The van der Waals surface area contributed by atoms with E-state index in [0.29, 0.717) is 6.42 Å². The van der Waals surface area contributed by atoms with E-state index in [4.69, 9.17) is 5.26 Å². The Morgan fingerprint density at radius 3 is 2.95 bits per heavy atom. The molecule has 0 saturated carbocycles. The van der Waals surface area contributed by atoms with Crippen molar-refractivity contribution in [1.29, 1.82) is 5.26 Å². The zero-order chi connectivity index (χ0) is 13.9. The summed E-state index contributed by atoms with van der Waals surface area (Å²) in [5.74, 6) is 0.559. The third-order valence-electron chi connectivity index (χ3n) is 2.17. The lowest BCUT2D eigenvalue weighted by molar-refractivity contribution is -0.111. The van der Waals surface area contributed by atoms with Crippen molar-refractivity contribution >= 4 is 23.4 Å². The van der Waals surface area contributed by atoms with Gasteiger partial charge < -0.3 is 5.32 Å². The Kier molecular flexibility index (Phi) is 7.14. The standard InChI is InChI=1S/C15H16N2OS/c1-2-3-4-10-15(18)17-13-8-5-6-9-14(13)19-12-7-11-16/h2-6,8-10H,7,12H2,1H3,(H,17,18)/b3-2+,10-4+. The molecule has 0 aliphatic rings. The smallest absolute Gasteiger partial charge is 0.248 e. The van der Waals surface area contributed by atoms with Crippen molar-refractivity contribution in [2.75, 3.05) is 11.1 Å². The molecule has 0 saturated heterocycles. The maximum absolute atomic E-state index is 11.7. The largest absolute Gasteiger partial charge is 0.321 e. The highest BCUT2D eigenvalue weighted by atomic mass is 32.2. The van der Waals surface area contributed by atoms with Gasteiger partial charge in [0.05, 0.1) is 11.8 Å². The Morgan fingerprint density at radius 1 is 1.42 bits per heavy atom. The molecule has 1 aromatic carbocycles. The van der Waals surface area contributed by atoms with E-state index in [0.717, 1.165) is 16.3 Å². The van der Waals surface area contributed by atoms with Crippen LogP contribution in [0, 0.1) is 11.3 Å². The summed E-state index contributed by atoms with van der Waals surface area (Å²) in [4.78, 5) is 12.7. The van der Waals surface area contributed by atoms with E-state index in [9.17, 15) is 4.79 Å². The van der Waals surface area contributed by atoms with Gasteiger partial charge in [-0.25, -0.2) is 0 Å². The normalized spacial score (nSPS) is 10.7. The number of nitriles is 1. The Hall–Kier alpha value is -1.99. The van der Waals surface area contributed by atoms with Crippen LogP contribution >= 0.6 is 11.8 Å². The van der Waals surface area contributed by atoms with Crippen LogP contribution in [0.2, 0.25) is 0 Å². The molecule has 19 heavy (non-hydrogen) atoms. The number of allylic oxidation sites excluding steroid dienone is 3. The summed E-state index contributed by atoms with van der Waals surface area (Å²) in [7, 11) is 0.